The number of hydrogen-bond acceptors (Lipinski definition) is 2. The van der Waals surface area contributed by atoms with Crippen molar-refractivity contribution in [3.05, 3.63) is 21.9 Å². The zero-order valence-electron chi connectivity index (χ0n) is 7.32. The number of rotatable bonds is 2. The number of thiophene rings is 1. The Morgan fingerprint density at radius 1 is 1.46 bits per heavy atom. The van der Waals surface area contributed by atoms with Crippen LogP contribution in [-0.2, 0) is 0 Å². The SMILES string of the molecule is O=C(O)c1sccc1C1CCCC1. The molecule has 0 saturated heterocycles. The van der Waals surface area contributed by atoms with Gasteiger partial charge >= 0.3 is 5.97 Å². The molecule has 0 atom stereocenters. The van der Waals surface area contributed by atoms with E-state index in [4.69, 9.17) is 5.11 Å². The van der Waals surface area contributed by atoms with Crippen LogP contribution in [0, 0.1) is 0 Å². The summed E-state index contributed by atoms with van der Waals surface area (Å²) in [5.74, 6) is -0.255. The van der Waals surface area contributed by atoms with Crippen LogP contribution in [0.1, 0.15) is 46.8 Å². The molecule has 0 amide bonds. The van der Waals surface area contributed by atoms with Gasteiger partial charge in [-0.1, -0.05) is 12.8 Å². The molecule has 0 aromatic carbocycles. The van der Waals surface area contributed by atoms with E-state index in [9.17, 15) is 4.79 Å². The second-order valence-corrected chi connectivity index (χ2v) is 4.41. The van der Waals surface area contributed by atoms with Crippen LogP contribution in [0.4, 0.5) is 0 Å². The maximum atomic E-state index is 10.8. The molecule has 1 aromatic rings. The first-order chi connectivity index (χ1) is 6.29. The fraction of sp³-hybridized carbons (Fsp3) is 0.500. The summed E-state index contributed by atoms with van der Waals surface area (Å²) in [6, 6.07) is 1.98. The lowest BCUT2D eigenvalue weighted by atomic mass is 9.98. The highest BCUT2D eigenvalue weighted by molar-refractivity contribution is 7.12. The maximum Gasteiger partial charge on any atom is 0.346 e. The van der Waals surface area contributed by atoms with E-state index < -0.39 is 5.97 Å². The average Bonchev–Trinajstić information content (AvgIpc) is 2.74. The van der Waals surface area contributed by atoms with Crippen molar-refractivity contribution < 1.29 is 9.90 Å². The second kappa shape index (κ2) is 3.50. The first-order valence-electron chi connectivity index (χ1n) is 4.59. The van der Waals surface area contributed by atoms with Crippen molar-refractivity contribution >= 4 is 17.3 Å². The molecule has 0 bridgehead atoms. The van der Waals surface area contributed by atoms with Crippen molar-refractivity contribution in [2.75, 3.05) is 0 Å². The minimum absolute atomic E-state index is 0.511. The van der Waals surface area contributed by atoms with Gasteiger partial charge in [0.1, 0.15) is 4.88 Å². The molecule has 1 aromatic heterocycles. The van der Waals surface area contributed by atoms with Crippen molar-refractivity contribution in [3.63, 3.8) is 0 Å². The van der Waals surface area contributed by atoms with E-state index in [1.807, 2.05) is 11.4 Å². The average molecular weight is 196 g/mol. The van der Waals surface area contributed by atoms with Gasteiger partial charge in [0, 0.05) is 0 Å². The van der Waals surface area contributed by atoms with E-state index in [-0.39, 0.29) is 0 Å². The van der Waals surface area contributed by atoms with Crippen LogP contribution in [0.5, 0.6) is 0 Å². The minimum Gasteiger partial charge on any atom is -0.477 e. The molecule has 0 aliphatic heterocycles. The van der Waals surface area contributed by atoms with Gasteiger partial charge in [-0.25, -0.2) is 4.79 Å². The van der Waals surface area contributed by atoms with Gasteiger partial charge in [0.15, 0.2) is 0 Å². The Bertz CT molecular complexity index is 310. The molecule has 1 N–H and O–H groups in total. The standard InChI is InChI=1S/C10H12O2S/c11-10(12)9-8(5-6-13-9)7-3-1-2-4-7/h5-7H,1-4H2,(H,11,12). The molecule has 1 saturated carbocycles. The number of carboxylic acids is 1. The summed E-state index contributed by atoms with van der Waals surface area (Å²) in [5.41, 5.74) is 1.06. The normalized spacial score (nSPS) is 17.8. The molecule has 0 radical (unpaired) electrons. The molecule has 0 spiro atoms. The smallest absolute Gasteiger partial charge is 0.346 e. The summed E-state index contributed by atoms with van der Waals surface area (Å²) in [5, 5.41) is 10.8. The summed E-state index contributed by atoms with van der Waals surface area (Å²) < 4.78 is 0. The van der Waals surface area contributed by atoms with Crippen LogP contribution >= 0.6 is 11.3 Å². The van der Waals surface area contributed by atoms with Crippen LogP contribution in [0.25, 0.3) is 0 Å². The molecule has 1 aliphatic carbocycles. The Balaban J connectivity index is 2.28. The minimum atomic E-state index is -0.767. The highest BCUT2D eigenvalue weighted by Crippen LogP contribution is 2.37. The Labute approximate surface area is 81.2 Å². The fourth-order valence-corrected chi connectivity index (χ4v) is 2.87. The first-order valence-corrected chi connectivity index (χ1v) is 5.47. The van der Waals surface area contributed by atoms with Gasteiger partial charge in [-0.05, 0) is 35.8 Å². The summed E-state index contributed by atoms with van der Waals surface area (Å²) in [7, 11) is 0. The lowest BCUT2D eigenvalue weighted by Gasteiger charge is -2.07. The zero-order chi connectivity index (χ0) is 9.26. The van der Waals surface area contributed by atoms with E-state index in [1.165, 1.54) is 24.2 Å². The molecule has 1 heterocycles. The van der Waals surface area contributed by atoms with E-state index in [0.29, 0.717) is 10.8 Å². The Morgan fingerprint density at radius 3 is 2.77 bits per heavy atom. The number of carbonyl (C=O) groups is 1. The molecule has 0 unspecified atom stereocenters. The summed E-state index contributed by atoms with van der Waals surface area (Å²) in [4.78, 5) is 11.4. The third kappa shape index (κ3) is 1.61. The van der Waals surface area contributed by atoms with Crippen LogP contribution in [0.15, 0.2) is 11.4 Å². The Hall–Kier alpha value is -0.830. The van der Waals surface area contributed by atoms with Gasteiger partial charge in [-0.15, -0.1) is 11.3 Å². The molecule has 1 fully saturated rings. The third-order valence-corrected chi connectivity index (χ3v) is 3.60. The summed E-state index contributed by atoms with van der Waals surface area (Å²) >= 11 is 1.34. The van der Waals surface area contributed by atoms with Gasteiger partial charge in [-0.2, -0.15) is 0 Å². The van der Waals surface area contributed by atoms with E-state index in [0.717, 1.165) is 18.4 Å². The highest BCUT2D eigenvalue weighted by Gasteiger charge is 2.23. The van der Waals surface area contributed by atoms with Crippen molar-refractivity contribution in [2.45, 2.75) is 31.6 Å². The van der Waals surface area contributed by atoms with Crippen molar-refractivity contribution in [2.24, 2.45) is 0 Å². The van der Waals surface area contributed by atoms with E-state index in [1.54, 1.807) is 0 Å². The molecule has 2 nitrogen and oxygen atoms in total. The van der Waals surface area contributed by atoms with Gasteiger partial charge in [0.2, 0.25) is 0 Å². The van der Waals surface area contributed by atoms with Gasteiger partial charge in [0.25, 0.3) is 0 Å². The summed E-state index contributed by atoms with van der Waals surface area (Å²) in [6.45, 7) is 0. The number of hydrogen-bond donors (Lipinski definition) is 1. The zero-order valence-corrected chi connectivity index (χ0v) is 8.14. The van der Waals surface area contributed by atoms with Gasteiger partial charge in [0.05, 0.1) is 0 Å². The van der Waals surface area contributed by atoms with Gasteiger partial charge < -0.3 is 5.11 Å². The molecule has 13 heavy (non-hydrogen) atoms. The van der Waals surface area contributed by atoms with E-state index >= 15 is 0 Å². The third-order valence-electron chi connectivity index (χ3n) is 2.68. The molecular weight excluding hydrogens is 184 g/mol. The lowest BCUT2D eigenvalue weighted by molar-refractivity contribution is 0.0700. The van der Waals surface area contributed by atoms with Crippen LogP contribution < -0.4 is 0 Å². The summed E-state index contributed by atoms with van der Waals surface area (Å²) in [6.07, 6.45) is 4.83. The van der Waals surface area contributed by atoms with Crippen molar-refractivity contribution in [3.8, 4) is 0 Å². The first kappa shape index (κ1) is 8.75. The molecule has 2 rings (SSSR count). The monoisotopic (exact) mass is 196 g/mol. The largest absolute Gasteiger partial charge is 0.477 e. The Kier molecular flexibility index (Phi) is 2.36. The lowest BCUT2D eigenvalue weighted by Crippen LogP contribution is -2.00. The Morgan fingerprint density at radius 2 is 2.15 bits per heavy atom. The topological polar surface area (TPSA) is 37.3 Å². The maximum absolute atomic E-state index is 10.8. The van der Waals surface area contributed by atoms with Crippen LogP contribution in [0.2, 0.25) is 0 Å². The van der Waals surface area contributed by atoms with Crippen LogP contribution in [0.3, 0.4) is 0 Å². The molecule has 70 valence electrons. The van der Waals surface area contributed by atoms with E-state index in [2.05, 4.69) is 0 Å². The molecule has 3 heteroatoms. The second-order valence-electron chi connectivity index (χ2n) is 3.49. The van der Waals surface area contributed by atoms with Crippen molar-refractivity contribution in [1.82, 2.24) is 0 Å². The number of aromatic carboxylic acids is 1. The highest BCUT2D eigenvalue weighted by atomic mass is 32.1. The quantitative estimate of drug-likeness (QED) is 0.789. The predicted octanol–water partition coefficient (Wildman–Crippen LogP) is 3.10. The molecule has 1 aliphatic rings. The van der Waals surface area contributed by atoms with Crippen LogP contribution in [-0.4, -0.2) is 11.1 Å². The predicted molar refractivity (Wildman–Crippen MR) is 52.5 cm³/mol. The number of carboxylic acid groups (broad SMARTS) is 1. The van der Waals surface area contributed by atoms with Gasteiger partial charge in [-0.3, -0.25) is 0 Å². The fourth-order valence-electron chi connectivity index (χ4n) is 2.05. The van der Waals surface area contributed by atoms with Crippen molar-refractivity contribution in [1.29, 1.82) is 0 Å². The molecular formula is C10H12O2S.